The zero-order chi connectivity index (χ0) is 13.0. The Morgan fingerprint density at radius 2 is 2.00 bits per heavy atom. The molecule has 2 heteroatoms. The molecule has 1 fully saturated rings. The van der Waals surface area contributed by atoms with Gasteiger partial charge in [0.1, 0.15) is 0 Å². The second kappa shape index (κ2) is 6.35. The lowest BCUT2D eigenvalue weighted by atomic mass is 9.93. The molecule has 1 aromatic carbocycles. The second-order valence-electron chi connectivity index (χ2n) is 5.82. The van der Waals surface area contributed by atoms with E-state index in [1.165, 1.54) is 24.9 Å². The molecule has 1 aliphatic heterocycles. The summed E-state index contributed by atoms with van der Waals surface area (Å²) in [6.45, 7) is 7.08. The number of hydrogen-bond donors (Lipinski definition) is 1. The summed E-state index contributed by atoms with van der Waals surface area (Å²) in [4.78, 5) is 2.60. The molecule has 2 rings (SSSR count). The van der Waals surface area contributed by atoms with Crippen molar-refractivity contribution in [2.24, 2.45) is 11.7 Å². The highest BCUT2D eigenvalue weighted by Gasteiger charge is 2.22. The van der Waals surface area contributed by atoms with E-state index >= 15 is 0 Å². The molecule has 0 aliphatic carbocycles. The van der Waals surface area contributed by atoms with Crippen molar-refractivity contribution in [2.45, 2.75) is 45.2 Å². The minimum atomic E-state index is 0.178. The Morgan fingerprint density at radius 1 is 1.28 bits per heavy atom. The summed E-state index contributed by atoms with van der Waals surface area (Å²) < 4.78 is 0. The van der Waals surface area contributed by atoms with Crippen LogP contribution in [0.4, 0.5) is 0 Å². The normalized spacial score (nSPS) is 27.1. The molecule has 0 bridgehead atoms. The van der Waals surface area contributed by atoms with Crippen molar-refractivity contribution in [3.8, 4) is 0 Å². The van der Waals surface area contributed by atoms with Crippen LogP contribution in [0.1, 0.15) is 44.7 Å². The van der Waals surface area contributed by atoms with Gasteiger partial charge in [0.05, 0.1) is 0 Å². The van der Waals surface area contributed by atoms with E-state index in [0.29, 0.717) is 0 Å². The lowest BCUT2D eigenvalue weighted by molar-refractivity contribution is 0.125. The maximum Gasteiger partial charge on any atom is 0.0307 e. The summed E-state index contributed by atoms with van der Waals surface area (Å²) in [5.74, 6) is 0.888. The molecule has 3 unspecified atom stereocenters. The Kier molecular flexibility index (Phi) is 4.79. The van der Waals surface area contributed by atoms with E-state index in [0.717, 1.165) is 24.9 Å². The van der Waals surface area contributed by atoms with Gasteiger partial charge in [-0.05, 0) is 44.2 Å². The average molecular weight is 246 g/mol. The van der Waals surface area contributed by atoms with Crippen molar-refractivity contribution < 1.29 is 0 Å². The predicted molar refractivity (Wildman–Crippen MR) is 77.4 cm³/mol. The first kappa shape index (κ1) is 13.6. The van der Waals surface area contributed by atoms with Crippen LogP contribution in [0.15, 0.2) is 30.3 Å². The van der Waals surface area contributed by atoms with Crippen LogP contribution >= 0.6 is 0 Å². The molecule has 0 saturated carbocycles. The Balaban J connectivity index is 1.81. The van der Waals surface area contributed by atoms with Crippen LogP contribution in [0.25, 0.3) is 0 Å². The molecule has 1 aliphatic rings. The molecule has 0 amide bonds. The van der Waals surface area contributed by atoms with Crippen LogP contribution in [0.5, 0.6) is 0 Å². The Morgan fingerprint density at radius 3 is 2.67 bits per heavy atom. The third-order valence-corrected chi connectivity index (χ3v) is 4.23. The highest BCUT2D eigenvalue weighted by atomic mass is 15.2. The van der Waals surface area contributed by atoms with Gasteiger partial charge in [-0.1, -0.05) is 37.3 Å². The fourth-order valence-electron chi connectivity index (χ4n) is 2.96. The summed E-state index contributed by atoms with van der Waals surface area (Å²) in [5.41, 5.74) is 7.52. The van der Waals surface area contributed by atoms with Crippen LogP contribution in [0, 0.1) is 5.92 Å². The minimum absolute atomic E-state index is 0.178. The third-order valence-electron chi connectivity index (χ3n) is 4.23. The first-order valence-electron chi connectivity index (χ1n) is 7.21. The van der Waals surface area contributed by atoms with E-state index < -0.39 is 0 Å². The van der Waals surface area contributed by atoms with Gasteiger partial charge in [-0.2, -0.15) is 0 Å². The Labute approximate surface area is 111 Å². The molecular weight excluding hydrogens is 220 g/mol. The maximum atomic E-state index is 6.26. The molecule has 0 spiro atoms. The van der Waals surface area contributed by atoms with Gasteiger partial charge in [0, 0.05) is 18.6 Å². The maximum absolute atomic E-state index is 6.26. The number of likely N-dealkylation sites (tertiary alicyclic amines) is 1. The van der Waals surface area contributed by atoms with Gasteiger partial charge >= 0.3 is 0 Å². The van der Waals surface area contributed by atoms with Gasteiger partial charge in [0.25, 0.3) is 0 Å². The molecule has 1 heterocycles. The van der Waals surface area contributed by atoms with E-state index in [1.54, 1.807) is 0 Å². The smallest absolute Gasteiger partial charge is 0.0307 e. The zero-order valence-corrected chi connectivity index (χ0v) is 11.7. The van der Waals surface area contributed by atoms with Crippen molar-refractivity contribution in [1.29, 1.82) is 0 Å². The molecule has 2 nitrogen and oxygen atoms in total. The Hall–Kier alpha value is -0.860. The fraction of sp³-hybridized carbons (Fsp3) is 0.625. The Bertz CT molecular complexity index is 349. The van der Waals surface area contributed by atoms with Crippen LogP contribution in [0.3, 0.4) is 0 Å². The monoisotopic (exact) mass is 246 g/mol. The van der Waals surface area contributed by atoms with Gasteiger partial charge in [-0.15, -0.1) is 0 Å². The molecule has 0 aromatic heterocycles. The zero-order valence-electron chi connectivity index (χ0n) is 11.7. The topological polar surface area (TPSA) is 29.3 Å². The minimum Gasteiger partial charge on any atom is -0.324 e. The predicted octanol–water partition coefficient (Wildman–Crippen LogP) is 3.20. The van der Waals surface area contributed by atoms with Crippen LogP contribution < -0.4 is 5.73 Å². The number of piperidine rings is 1. The van der Waals surface area contributed by atoms with Crippen molar-refractivity contribution in [3.05, 3.63) is 35.9 Å². The lowest BCUT2D eigenvalue weighted by Gasteiger charge is -2.37. The van der Waals surface area contributed by atoms with Crippen molar-refractivity contribution in [1.82, 2.24) is 4.90 Å². The average Bonchev–Trinajstić information content (AvgIpc) is 2.38. The molecule has 3 atom stereocenters. The van der Waals surface area contributed by atoms with Crippen molar-refractivity contribution in [3.63, 3.8) is 0 Å². The number of hydrogen-bond acceptors (Lipinski definition) is 2. The molecule has 0 radical (unpaired) electrons. The molecule has 2 N–H and O–H groups in total. The van der Waals surface area contributed by atoms with E-state index in [9.17, 15) is 0 Å². The highest BCUT2D eigenvalue weighted by molar-refractivity contribution is 5.18. The molecule has 1 aromatic rings. The quantitative estimate of drug-likeness (QED) is 0.884. The largest absolute Gasteiger partial charge is 0.324 e. The molecule has 1 saturated heterocycles. The summed E-state index contributed by atoms with van der Waals surface area (Å²) in [5, 5.41) is 0. The number of benzene rings is 1. The van der Waals surface area contributed by atoms with Gasteiger partial charge in [-0.3, -0.25) is 0 Å². The van der Waals surface area contributed by atoms with Crippen LogP contribution in [0.2, 0.25) is 0 Å². The van der Waals surface area contributed by atoms with E-state index in [2.05, 4.69) is 43.0 Å². The number of nitrogens with two attached hydrogens (primary N) is 1. The van der Waals surface area contributed by atoms with Gasteiger partial charge < -0.3 is 10.6 Å². The second-order valence-corrected chi connectivity index (χ2v) is 5.82. The van der Waals surface area contributed by atoms with Crippen molar-refractivity contribution >= 4 is 0 Å². The van der Waals surface area contributed by atoms with Gasteiger partial charge in [0.15, 0.2) is 0 Å². The van der Waals surface area contributed by atoms with Gasteiger partial charge in [0.2, 0.25) is 0 Å². The standard InChI is InChI=1S/C16H26N2/c1-13-8-10-18(14(2)12-13)11-9-16(17)15-6-4-3-5-7-15/h3-7,13-14,16H,8-12,17H2,1-2H3. The summed E-state index contributed by atoms with van der Waals surface area (Å²) in [7, 11) is 0. The van der Waals surface area contributed by atoms with E-state index in [-0.39, 0.29) is 6.04 Å². The first-order chi connectivity index (χ1) is 8.66. The number of rotatable bonds is 4. The summed E-state index contributed by atoms with van der Waals surface area (Å²) >= 11 is 0. The molecular formula is C16H26N2. The third kappa shape index (κ3) is 3.56. The summed E-state index contributed by atoms with van der Waals surface area (Å²) in [6.07, 6.45) is 3.73. The molecule has 18 heavy (non-hydrogen) atoms. The lowest BCUT2D eigenvalue weighted by Crippen LogP contribution is -2.41. The molecule has 100 valence electrons. The fourth-order valence-corrected chi connectivity index (χ4v) is 2.96. The van der Waals surface area contributed by atoms with Crippen molar-refractivity contribution in [2.75, 3.05) is 13.1 Å². The van der Waals surface area contributed by atoms with E-state index in [1.807, 2.05) is 6.07 Å². The van der Waals surface area contributed by atoms with E-state index in [4.69, 9.17) is 5.73 Å². The van der Waals surface area contributed by atoms with Gasteiger partial charge in [-0.25, -0.2) is 0 Å². The SMILES string of the molecule is CC1CCN(CCC(N)c2ccccc2)C(C)C1. The highest BCUT2D eigenvalue weighted by Crippen LogP contribution is 2.23. The summed E-state index contributed by atoms with van der Waals surface area (Å²) in [6, 6.07) is 11.3. The number of nitrogens with zero attached hydrogens (tertiary/aromatic N) is 1. The van der Waals surface area contributed by atoms with Crippen LogP contribution in [-0.4, -0.2) is 24.0 Å². The van der Waals surface area contributed by atoms with Crippen LogP contribution in [-0.2, 0) is 0 Å². The first-order valence-corrected chi connectivity index (χ1v) is 7.21.